The van der Waals surface area contributed by atoms with E-state index in [1.807, 2.05) is 24.3 Å². The molecule has 0 spiro atoms. The molecule has 1 aliphatic rings. The van der Waals surface area contributed by atoms with Gasteiger partial charge in [0.15, 0.2) is 0 Å². The fraction of sp³-hybridized carbons (Fsp3) is 0.200. The third-order valence-corrected chi connectivity index (χ3v) is 1.52. The summed E-state index contributed by atoms with van der Waals surface area (Å²) in [4.78, 5) is 0. The lowest BCUT2D eigenvalue weighted by atomic mass is 10.5. The summed E-state index contributed by atoms with van der Waals surface area (Å²) in [5, 5.41) is 6.87. The highest BCUT2D eigenvalue weighted by Gasteiger charge is 1.95. The van der Waals surface area contributed by atoms with Crippen LogP contribution in [0.25, 0.3) is 0 Å². The molecule has 0 atom stereocenters. The van der Waals surface area contributed by atoms with Crippen LogP contribution in [0.5, 0.6) is 0 Å². The Kier molecular flexibility index (Phi) is 1.38. The summed E-state index contributed by atoms with van der Waals surface area (Å²) < 4.78 is 0. The van der Waals surface area contributed by atoms with E-state index in [-0.39, 0.29) is 0 Å². The van der Waals surface area contributed by atoms with Crippen molar-refractivity contribution in [1.29, 1.82) is 5.16 Å². The van der Waals surface area contributed by atoms with E-state index in [9.17, 15) is 0 Å². The zero-order valence-electron chi connectivity index (χ0n) is 3.83. The third kappa shape index (κ3) is 0.971. The van der Waals surface area contributed by atoms with Crippen LogP contribution in [0.1, 0.15) is 0 Å². The van der Waals surface area contributed by atoms with E-state index in [1.165, 1.54) is 0 Å². The van der Waals surface area contributed by atoms with E-state index < -0.39 is 0 Å². The lowest BCUT2D eigenvalue weighted by Gasteiger charge is -1.85. The van der Waals surface area contributed by atoms with Gasteiger partial charge in [0.25, 0.3) is 0 Å². The molecule has 0 aromatic heterocycles. The van der Waals surface area contributed by atoms with Crippen molar-refractivity contribution < 1.29 is 0 Å². The van der Waals surface area contributed by atoms with Gasteiger partial charge in [0, 0.05) is 8.37 Å². The predicted molar refractivity (Wildman–Crippen MR) is 31.7 cm³/mol. The minimum absolute atomic E-state index is 0.375. The third-order valence-electron chi connectivity index (χ3n) is 0.877. The maximum Gasteiger partial charge on any atom is 0.0546 e. The molecule has 1 rings (SSSR count). The summed E-state index contributed by atoms with van der Waals surface area (Å²) in [6.45, 7) is 0. The number of nitrogens with one attached hydrogen (secondary N) is 1. The molecule has 1 nitrogen and oxygen atoms in total. The van der Waals surface area contributed by atoms with Crippen molar-refractivity contribution in [2.75, 3.05) is 0 Å². The van der Waals surface area contributed by atoms with Gasteiger partial charge in [-0.15, -0.1) is 0 Å². The van der Waals surface area contributed by atoms with Gasteiger partial charge in [-0.1, -0.05) is 24.3 Å². The molecular formula is C5H6NP. The van der Waals surface area contributed by atoms with E-state index in [4.69, 9.17) is 5.16 Å². The quantitative estimate of drug-likeness (QED) is 0.501. The molecule has 0 aromatic carbocycles. The maximum absolute atomic E-state index is 6.87. The zero-order chi connectivity index (χ0) is 5.11. The molecule has 0 aliphatic heterocycles. The van der Waals surface area contributed by atoms with Gasteiger partial charge in [0.05, 0.1) is 5.66 Å². The maximum atomic E-state index is 6.87. The van der Waals surface area contributed by atoms with Crippen molar-refractivity contribution in [2.24, 2.45) is 0 Å². The molecule has 0 saturated carbocycles. The molecule has 2 heteroatoms. The molecule has 0 heterocycles. The first-order chi connectivity index (χ1) is 3.43. The summed E-state index contributed by atoms with van der Waals surface area (Å²) >= 11 is 0. The highest BCUT2D eigenvalue weighted by Crippen LogP contribution is 2.14. The number of rotatable bonds is 1. The first-order valence-corrected chi connectivity index (χ1v) is 3.11. The van der Waals surface area contributed by atoms with Gasteiger partial charge in [-0.25, -0.2) is 0 Å². The van der Waals surface area contributed by atoms with Crippen molar-refractivity contribution in [1.82, 2.24) is 0 Å². The lowest BCUT2D eigenvalue weighted by molar-refractivity contribution is 1.43. The first kappa shape index (κ1) is 4.73. The molecule has 0 aromatic rings. The van der Waals surface area contributed by atoms with Crippen LogP contribution in [0.15, 0.2) is 24.3 Å². The van der Waals surface area contributed by atoms with Gasteiger partial charge >= 0.3 is 0 Å². The topological polar surface area (TPSA) is 23.9 Å². The van der Waals surface area contributed by atoms with Crippen molar-refractivity contribution in [3.05, 3.63) is 24.3 Å². The molecule has 0 saturated heterocycles. The Labute approximate surface area is 44.4 Å². The Morgan fingerprint density at radius 2 is 1.86 bits per heavy atom. The normalized spacial score (nSPS) is 19.4. The van der Waals surface area contributed by atoms with Crippen molar-refractivity contribution >= 4 is 8.37 Å². The van der Waals surface area contributed by atoms with E-state index >= 15 is 0 Å². The number of hydrogen-bond acceptors (Lipinski definition) is 1. The second kappa shape index (κ2) is 2.04. The van der Waals surface area contributed by atoms with Gasteiger partial charge in [-0.05, 0) is 0 Å². The van der Waals surface area contributed by atoms with Crippen molar-refractivity contribution in [2.45, 2.75) is 5.66 Å². The summed E-state index contributed by atoms with van der Waals surface area (Å²) in [5.74, 6) is 0. The largest absolute Gasteiger partial charge is 0.283 e. The van der Waals surface area contributed by atoms with Gasteiger partial charge in [0.1, 0.15) is 0 Å². The van der Waals surface area contributed by atoms with Gasteiger partial charge in [-0.3, -0.25) is 5.16 Å². The average Bonchev–Trinajstić information content (AvgIpc) is 2.14. The van der Waals surface area contributed by atoms with Gasteiger partial charge in [-0.2, -0.15) is 0 Å². The minimum atomic E-state index is 0.375. The van der Waals surface area contributed by atoms with Crippen LogP contribution in [0, 0.1) is 5.16 Å². The molecule has 0 unspecified atom stereocenters. The van der Waals surface area contributed by atoms with E-state index in [2.05, 4.69) is 0 Å². The smallest absolute Gasteiger partial charge is 0.0546 e. The summed E-state index contributed by atoms with van der Waals surface area (Å²) in [7, 11) is 0.698. The van der Waals surface area contributed by atoms with Gasteiger partial charge < -0.3 is 0 Å². The standard InChI is InChI=1S/C5H6NP/c6-7-5-3-1-2-4-5/h1-6H. The van der Waals surface area contributed by atoms with Crippen LogP contribution in [0.4, 0.5) is 0 Å². The molecular weight excluding hydrogens is 105 g/mol. The van der Waals surface area contributed by atoms with Crippen LogP contribution in [-0.4, -0.2) is 5.66 Å². The Hall–Kier alpha value is -0.420. The molecule has 36 valence electrons. The zero-order valence-corrected chi connectivity index (χ0v) is 4.73. The van der Waals surface area contributed by atoms with Crippen LogP contribution in [0.3, 0.4) is 0 Å². The van der Waals surface area contributed by atoms with Gasteiger partial charge in [0.2, 0.25) is 0 Å². The van der Waals surface area contributed by atoms with Crippen LogP contribution in [0.2, 0.25) is 0 Å². The summed E-state index contributed by atoms with van der Waals surface area (Å²) in [6.07, 6.45) is 8.00. The monoisotopic (exact) mass is 111 g/mol. The van der Waals surface area contributed by atoms with Crippen LogP contribution < -0.4 is 0 Å². The minimum Gasteiger partial charge on any atom is -0.283 e. The van der Waals surface area contributed by atoms with Crippen molar-refractivity contribution in [3.63, 3.8) is 0 Å². The molecule has 0 bridgehead atoms. The fourth-order valence-electron chi connectivity index (χ4n) is 0.506. The van der Waals surface area contributed by atoms with Crippen LogP contribution >= 0.6 is 8.37 Å². The number of hydrogen-bond donors (Lipinski definition) is 1. The fourth-order valence-corrected chi connectivity index (χ4v) is 0.877. The molecule has 1 aliphatic carbocycles. The lowest BCUT2D eigenvalue weighted by Crippen LogP contribution is -1.77. The Bertz CT molecular complexity index is 114. The molecule has 1 N–H and O–H groups in total. The van der Waals surface area contributed by atoms with Crippen LogP contribution in [-0.2, 0) is 0 Å². The van der Waals surface area contributed by atoms with E-state index in [0.717, 1.165) is 0 Å². The molecule has 0 radical (unpaired) electrons. The summed E-state index contributed by atoms with van der Waals surface area (Å²) in [5.41, 5.74) is 0.375. The Balaban J connectivity index is 2.59. The molecule has 0 amide bonds. The molecule has 0 fully saturated rings. The molecule has 7 heavy (non-hydrogen) atoms. The summed E-state index contributed by atoms with van der Waals surface area (Å²) in [6, 6.07) is 0. The SMILES string of the molecule is N=PC1C=CC=C1. The predicted octanol–water partition coefficient (Wildman–Crippen LogP) is 2.19. The second-order valence-electron chi connectivity index (χ2n) is 1.39. The number of allylic oxidation sites excluding steroid dienone is 4. The average molecular weight is 111 g/mol. The first-order valence-electron chi connectivity index (χ1n) is 2.15. The van der Waals surface area contributed by atoms with Crippen molar-refractivity contribution in [3.8, 4) is 0 Å². The van der Waals surface area contributed by atoms with E-state index in [0.29, 0.717) is 14.0 Å². The highest BCUT2D eigenvalue weighted by atomic mass is 31.1. The Morgan fingerprint density at radius 3 is 2.14 bits per heavy atom. The second-order valence-corrected chi connectivity index (χ2v) is 2.24. The van der Waals surface area contributed by atoms with E-state index in [1.54, 1.807) is 0 Å². The highest BCUT2D eigenvalue weighted by molar-refractivity contribution is 7.26. The Morgan fingerprint density at radius 1 is 1.29 bits per heavy atom.